The van der Waals surface area contributed by atoms with Crippen LogP contribution in [0.2, 0.25) is 0 Å². The summed E-state index contributed by atoms with van der Waals surface area (Å²) in [6, 6.07) is 7.03. The zero-order chi connectivity index (χ0) is 21.5. The van der Waals surface area contributed by atoms with Crippen LogP contribution in [0, 0.1) is 29.1 Å². The van der Waals surface area contributed by atoms with Crippen molar-refractivity contribution in [1.29, 1.82) is 0 Å². The molecule has 31 heavy (non-hydrogen) atoms. The molecule has 0 heterocycles. The van der Waals surface area contributed by atoms with Crippen molar-refractivity contribution < 1.29 is 0 Å². The minimum Gasteiger partial charge on any atom is -0.0842 e. The van der Waals surface area contributed by atoms with Gasteiger partial charge in [0, 0.05) is 16.6 Å². The van der Waals surface area contributed by atoms with E-state index in [0.717, 1.165) is 19.3 Å². The monoisotopic (exact) mass is 404 g/mol. The highest BCUT2D eigenvalue weighted by Gasteiger charge is 2.55. The quantitative estimate of drug-likeness (QED) is 0.474. The van der Waals surface area contributed by atoms with Crippen LogP contribution in [0.1, 0.15) is 65.9 Å². The molecule has 5 aliphatic carbocycles. The van der Waals surface area contributed by atoms with Gasteiger partial charge in [-0.2, -0.15) is 0 Å². The molecule has 0 N–H and O–H groups in total. The van der Waals surface area contributed by atoms with E-state index in [2.05, 4.69) is 89.0 Å². The summed E-state index contributed by atoms with van der Waals surface area (Å²) in [6.07, 6.45) is 13.5. The molecule has 1 saturated carbocycles. The molecule has 1 fully saturated rings. The average molecular weight is 405 g/mol. The fraction of sp³-hybridized carbons (Fsp3) is 0.419. The molecule has 5 aliphatic rings. The van der Waals surface area contributed by atoms with Crippen LogP contribution < -0.4 is 10.4 Å². The molecule has 0 amide bonds. The average Bonchev–Trinajstić information content (AvgIpc) is 2.98. The highest BCUT2D eigenvalue weighted by Crippen LogP contribution is 2.63. The van der Waals surface area contributed by atoms with E-state index in [1.54, 1.807) is 27.5 Å². The lowest BCUT2D eigenvalue weighted by atomic mass is 9.64. The molecule has 0 heteroatoms. The minimum atomic E-state index is 0.0191. The third-order valence-electron chi connectivity index (χ3n) is 8.86. The fourth-order valence-corrected chi connectivity index (χ4v) is 7.02. The van der Waals surface area contributed by atoms with Crippen LogP contribution in [0.3, 0.4) is 0 Å². The maximum absolute atomic E-state index is 3.62. The Balaban J connectivity index is 1.62. The lowest BCUT2D eigenvalue weighted by Crippen LogP contribution is -2.45. The third kappa shape index (κ3) is 2.50. The van der Waals surface area contributed by atoms with Gasteiger partial charge in [0.25, 0.3) is 0 Å². The Hall–Kier alpha value is -2.52. The summed E-state index contributed by atoms with van der Waals surface area (Å²) in [7, 11) is 0. The molecule has 6 rings (SSSR count). The normalized spacial score (nSPS) is 28.5. The molecule has 0 nitrogen and oxygen atoms in total. The molecular weight excluding hydrogens is 372 g/mol. The van der Waals surface area contributed by atoms with Crippen molar-refractivity contribution in [3.8, 4) is 11.8 Å². The SMILES string of the molecule is CC1=c2cccc3c2=C2C4=C(C=C(C#CC5=CC=CCC5)CC4C(C)(C)C2C1)C3(C)C. The van der Waals surface area contributed by atoms with Crippen LogP contribution in [0.15, 0.2) is 64.8 Å². The third-order valence-corrected chi connectivity index (χ3v) is 8.86. The van der Waals surface area contributed by atoms with Crippen LogP contribution in [-0.4, -0.2) is 0 Å². The van der Waals surface area contributed by atoms with Gasteiger partial charge in [0.15, 0.2) is 0 Å². The molecule has 0 aliphatic heterocycles. The molecule has 0 radical (unpaired) electrons. The Morgan fingerprint density at radius 2 is 1.71 bits per heavy atom. The van der Waals surface area contributed by atoms with Gasteiger partial charge < -0.3 is 0 Å². The molecule has 1 aromatic carbocycles. The Labute approximate surface area is 186 Å². The van der Waals surface area contributed by atoms with Gasteiger partial charge in [-0.1, -0.05) is 81.5 Å². The number of rotatable bonds is 0. The first kappa shape index (κ1) is 19.2. The molecule has 0 aromatic heterocycles. The largest absolute Gasteiger partial charge is 0.0842 e. The topological polar surface area (TPSA) is 0 Å². The highest BCUT2D eigenvalue weighted by atomic mass is 14.6. The van der Waals surface area contributed by atoms with Crippen molar-refractivity contribution in [3.05, 3.63) is 80.8 Å². The standard InChI is InChI=1S/C31H32/c1-19-16-24-29-27-22(19)12-9-13-23(27)30(2,3)25-17-21(15-14-20-10-7-6-8-11-20)18-26(28(25)29)31(24,4)5/h6-7,9-10,12-13,17,24,26H,8,11,16,18H2,1-5H3. The van der Waals surface area contributed by atoms with Crippen molar-refractivity contribution in [2.24, 2.45) is 17.3 Å². The molecule has 0 saturated heterocycles. The van der Waals surface area contributed by atoms with Gasteiger partial charge in [-0.15, -0.1) is 0 Å². The van der Waals surface area contributed by atoms with E-state index in [-0.39, 0.29) is 10.8 Å². The second-order valence-corrected chi connectivity index (χ2v) is 11.3. The Kier molecular flexibility index (Phi) is 3.87. The van der Waals surface area contributed by atoms with Gasteiger partial charge in [-0.05, 0) is 88.7 Å². The molecule has 0 bridgehead atoms. The minimum absolute atomic E-state index is 0.0191. The molecule has 2 unspecified atom stereocenters. The van der Waals surface area contributed by atoms with Gasteiger partial charge in [0.2, 0.25) is 0 Å². The van der Waals surface area contributed by atoms with Gasteiger partial charge >= 0.3 is 0 Å². The molecule has 1 aromatic rings. The summed E-state index contributed by atoms with van der Waals surface area (Å²) in [5.74, 6) is 8.34. The van der Waals surface area contributed by atoms with Crippen molar-refractivity contribution in [2.45, 2.75) is 65.7 Å². The van der Waals surface area contributed by atoms with Crippen molar-refractivity contribution in [3.63, 3.8) is 0 Å². The molecular formula is C31H32. The van der Waals surface area contributed by atoms with Crippen molar-refractivity contribution in [2.75, 3.05) is 0 Å². The first-order chi connectivity index (χ1) is 14.8. The first-order valence-corrected chi connectivity index (χ1v) is 12.0. The van der Waals surface area contributed by atoms with Gasteiger partial charge in [0.1, 0.15) is 0 Å². The van der Waals surface area contributed by atoms with E-state index in [4.69, 9.17) is 0 Å². The van der Waals surface area contributed by atoms with Crippen LogP contribution in [0.25, 0.3) is 11.1 Å². The fourth-order valence-electron chi connectivity index (χ4n) is 7.02. The summed E-state index contributed by atoms with van der Waals surface area (Å²) in [6.45, 7) is 12.3. The van der Waals surface area contributed by atoms with E-state index in [9.17, 15) is 0 Å². The maximum atomic E-state index is 3.62. The molecule has 2 atom stereocenters. The lowest BCUT2D eigenvalue weighted by Gasteiger charge is -2.39. The summed E-state index contributed by atoms with van der Waals surface area (Å²) >= 11 is 0. The van der Waals surface area contributed by atoms with E-state index in [1.165, 1.54) is 28.3 Å². The van der Waals surface area contributed by atoms with Gasteiger partial charge in [-0.3, -0.25) is 0 Å². The van der Waals surface area contributed by atoms with Crippen LogP contribution in [0.5, 0.6) is 0 Å². The van der Waals surface area contributed by atoms with E-state index in [0.29, 0.717) is 11.8 Å². The molecule has 0 spiro atoms. The first-order valence-electron chi connectivity index (χ1n) is 12.0. The smallest absolute Gasteiger partial charge is 0.0156 e. The van der Waals surface area contributed by atoms with E-state index in [1.807, 2.05) is 0 Å². The van der Waals surface area contributed by atoms with Crippen molar-refractivity contribution in [1.82, 2.24) is 0 Å². The molecule has 156 valence electrons. The van der Waals surface area contributed by atoms with Crippen LogP contribution >= 0.6 is 0 Å². The number of benzene rings is 1. The van der Waals surface area contributed by atoms with Crippen LogP contribution in [-0.2, 0) is 5.41 Å². The number of allylic oxidation sites excluding steroid dienone is 8. The summed E-state index contributed by atoms with van der Waals surface area (Å²) in [5, 5.41) is 3.09. The Bertz CT molecular complexity index is 1330. The Morgan fingerprint density at radius 3 is 2.48 bits per heavy atom. The zero-order valence-corrected chi connectivity index (χ0v) is 19.5. The summed E-state index contributed by atoms with van der Waals surface area (Å²) < 4.78 is 0. The Morgan fingerprint density at radius 1 is 0.935 bits per heavy atom. The van der Waals surface area contributed by atoms with Gasteiger partial charge in [-0.25, -0.2) is 0 Å². The predicted octanol–water partition coefficient (Wildman–Crippen LogP) is 5.88. The predicted molar refractivity (Wildman–Crippen MR) is 131 cm³/mol. The summed E-state index contributed by atoms with van der Waals surface area (Å²) in [4.78, 5) is 0. The van der Waals surface area contributed by atoms with E-state index >= 15 is 0 Å². The highest BCUT2D eigenvalue weighted by molar-refractivity contribution is 5.83. The summed E-state index contributed by atoms with van der Waals surface area (Å²) in [5.41, 5.74) is 10.9. The number of hydrogen-bond acceptors (Lipinski definition) is 0. The second kappa shape index (κ2) is 6.26. The maximum Gasteiger partial charge on any atom is 0.0156 e. The van der Waals surface area contributed by atoms with Crippen molar-refractivity contribution >= 4 is 11.1 Å². The number of hydrogen-bond donors (Lipinski definition) is 0. The second-order valence-electron chi connectivity index (χ2n) is 11.3. The van der Waals surface area contributed by atoms with Crippen LogP contribution in [0.4, 0.5) is 0 Å². The lowest BCUT2D eigenvalue weighted by molar-refractivity contribution is 0.212. The van der Waals surface area contributed by atoms with Gasteiger partial charge in [0.05, 0.1) is 0 Å². The van der Waals surface area contributed by atoms with E-state index < -0.39 is 0 Å². The zero-order valence-electron chi connectivity index (χ0n) is 19.5.